The van der Waals surface area contributed by atoms with Gasteiger partial charge in [-0.05, 0) is 23.8 Å². The van der Waals surface area contributed by atoms with Gasteiger partial charge in [-0.3, -0.25) is 9.59 Å². The second-order valence-electron chi connectivity index (χ2n) is 4.95. The number of hydrogen-bond acceptors (Lipinski definition) is 4. The summed E-state index contributed by atoms with van der Waals surface area (Å²) in [5, 5.41) is 18.1. The van der Waals surface area contributed by atoms with Gasteiger partial charge in [0.05, 0.1) is 0 Å². The molecule has 0 aliphatic carbocycles. The molecule has 3 N–H and O–H groups in total. The highest BCUT2D eigenvalue weighted by Gasteiger charge is 2.15. The number of nitrogens with one attached hydrogen (secondary N) is 2. The summed E-state index contributed by atoms with van der Waals surface area (Å²) in [7, 11) is 0. The van der Waals surface area contributed by atoms with Crippen molar-refractivity contribution < 1.29 is 14.7 Å². The lowest BCUT2D eigenvalue weighted by atomic mass is 10.0. The second-order valence-corrected chi connectivity index (χ2v) is 5.73. The molecule has 5 nitrogen and oxygen atoms in total. The predicted octanol–water partition coefficient (Wildman–Crippen LogP) is 1.39. The summed E-state index contributed by atoms with van der Waals surface area (Å²) < 4.78 is 0. The Hall–Kier alpha value is -1.40. The quantitative estimate of drug-likeness (QED) is 0.678. The van der Waals surface area contributed by atoms with E-state index in [9.17, 15) is 9.59 Å². The lowest BCUT2D eigenvalue weighted by Gasteiger charge is -2.21. The van der Waals surface area contributed by atoms with Gasteiger partial charge < -0.3 is 15.7 Å². The third-order valence-corrected chi connectivity index (χ3v) is 3.70. The first-order valence-electron chi connectivity index (χ1n) is 6.75. The van der Waals surface area contributed by atoms with Crippen molar-refractivity contribution in [1.82, 2.24) is 10.6 Å². The van der Waals surface area contributed by atoms with Crippen molar-refractivity contribution in [3.05, 3.63) is 22.4 Å². The molecule has 112 valence electrons. The van der Waals surface area contributed by atoms with Crippen molar-refractivity contribution in [2.75, 3.05) is 13.2 Å². The minimum Gasteiger partial charge on any atom is -0.396 e. The third-order valence-electron chi connectivity index (χ3n) is 3.01. The van der Waals surface area contributed by atoms with Crippen LogP contribution in [-0.2, 0) is 4.79 Å². The van der Waals surface area contributed by atoms with E-state index < -0.39 is 0 Å². The Labute approximate surface area is 123 Å². The second kappa shape index (κ2) is 8.71. The van der Waals surface area contributed by atoms with Gasteiger partial charge >= 0.3 is 0 Å². The molecule has 20 heavy (non-hydrogen) atoms. The van der Waals surface area contributed by atoms with Gasteiger partial charge in [-0.1, -0.05) is 13.8 Å². The van der Waals surface area contributed by atoms with E-state index in [4.69, 9.17) is 5.11 Å². The third kappa shape index (κ3) is 5.71. The molecule has 0 spiro atoms. The van der Waals surface area contributed by atoms with Crippen LogP contribution in [0.2, 0.25) is 0 Å². The van der Waals surface area contributed by atoms with Crippen LogP contribution in [0.3, 0.4) is 0 Å². The molecule has 0 saturated heterocycles. The molecule has 0 fully saturated rings. The van der Waals surface area contributed by atoms with Crippen LogP contribution < -0.4 is 10.6 Å². The van der Waals surface area contributed by atoms with Crippen LogP contribution >= 0.6 is 11.3 Å². The monoisotopic (exact) mass is 298 g/mol. The minimum atomic E-state index is -0.158. The van der Waals surface area contributed by atoms with E-state index in [0.29, 0.717) is 18.5 Å². The lowest BCUT2D eigenvalue weighted by Crippen LogP contribution is -2.40. The molecule has 1 heterocycles. The molecule has 0 aromatic carbocycles. The molecular formula is C14H22N2O3S. The molecule has 1 aromatic heterocycles. The highest BCUT2D eigenvalue weighted by atomic mass is 32.1. The smallest absolute Gasteiger partial charge is 0.252 e. The van der Waals surface area contributed by atoms with Crippen LogP contribution in [0, 0.1) is 5.92 Å². The molecule has 1 unspecified atom stereocenters. The standard InChI is InChI=1S/C14H22N2O3S/c1-10(2)12(4-7-17)16-13(18)3-6-15-14(19)11-5-8-20-9-11/h5,8-10,12,17H,3-4,6-7H2,1-2H3,(H,15,19)(H,16,18). The number of aliphatic hydroxyl groups excluding tert-OH is 1. The first-order valence-corrected chi connectivity index (χ1v) is 7.69. The van der Waals surface area contributed by atoms with Gasteiger partial charge in [0, 0.05) is 36.6 Å². The lowest BCUT2D eigenvalue weighted by molar-refractivity contribution is -0.122. The van der Waals surface area contributed by atoms with Crippen LogP contribution in [-0.4, -0.2) is 36.1 Å². The fraction of sp³-hybridized carbons (Fsp3) is 0.571. The maximum absolute atomic E-state index is 11.8. The molecule has 0 aliphatic heterocycles. The zero-order valence-electron chi connectivity index (χ0n) is 11.9. The Kier molecular flexibility index (Phi) is 7.25. The SMILES string of the molecule is CC(C)C(CCO)NC(=O)CCNC(=O)c1ccsc1. The van der Waals surface area contributed by atoms with Gasteiger partial charge in [0.25, 0.3) is 5.91 Å². The van der Waals surface area contributed by atoms with E-state index in [-0.39, 0.29) is 36.8 Å². The number of hydrogen-bond donors (Lipinski definition) is 3. The Bertz CT molecular complexity index is 418. The molecule has 6 heteroatoms. The Morgan fingerprint density at radius 3 is 2.70 bits per heavy atom. The first kappa shape index (κ1) is 16.7. The fourth-order valence-corrected chi connectivity index (χ4v) is 2.41. The molecule has 0 aliphatic rings. The van der Waals surface area contributed by atoms with E-state index in [2.05, 4.69) is 10.6 Å². The highest BCUT2D eigenvalue weighted by Crippen LogP contribution is 2.06. The summed E-state index contributed by atoms with van der Waals surface area (Å²) in [6.07, 6.45) is 0.787. The van der Waals surface area contributed by atoms with Gasteiger partial charge in [0.2, 0.25) is 5.91 Å². The van der Waals surface area contributed by atoms with Gasteiger partial charge in [0.15, 0.2) is 0 Å². The van der Waals surface area contributed by atoms with Crippen molar-refractivity contribution in [3.8, 4) is 0 Å². The first-order chi connectivity index (χ1) is 9.54. The topological polar surface area (TPSA) is 78.4 Å². The minimum absolute atomic E-state index is 0.0277. The summed E-state index contributed by atoms with van der Waals surface area (Å²) in [6, 6.07) is 1.72. The number of carbonyl (C=O) groups is 2. The maximum Gasteiger partial charge on any atom is 0.252 e. The Morgan fingerprint density at radius 1 is 1.40 bits per heavy atom. The van der Waals surface area contributed by atoms with Gasteiger partial charge in [-0.15, -0.1) is 0 Å². The highest BCUT2D eigenvalue weighted by molar-refractivity contribution is 7.08. The molecular weight excluding hydrogens is 276 g/mol. The van der Waals surface area contributed by atoms with Crippen LogP contribution in [0.15, 0.2) is 16.8 Å². The Balaban J connectivity index is 2.27. The maximum atomic E-state index is 11.8. The van der Waals surface area contributed by atoms with Crippen molar-refractivity contribution in [2.45, 2.75) is 32.7 Å². The fourth-order valence-electron chi connectivity index (χ4n) is 1.78. The van der Waals surface area contributed by atoms with Crippen molar-refractivity contribution in [1.29, 1.82) is 0 Å². The van der Waals surface area contributed by atoms with Crippen molar-refractivity contribution in [2.24, 2.45) is 5.92 Å². The zero-order valence-corrected chi connectivity index (χ0v) is 12.7. The van der Waals surface area contributed by atoms with Crippen LogP contribution in [0.1, 0.15) is 37.0 Å². The van der Waals surface area contributed by atoms with E-state index in [1.165, 1.54) is 11.3 Å². The molecule has 1 aromatic rings. The van der Waals surface area contributed by atoms with E-state index in [0.717, 1.165) is 0 Å². The molecule has 2 amide bonds. The molecule has 0 saturated carbocycles. The van der Waals surface area contributed by atoms with E-state index in [1.54, 1.807) is 11.4 Å². The summed E-state index contributed by atoms with van der Waals surface area (Å²) in [5.74, 6) is 0.00378. The van der Waals surface area contributed by atoms with Crippen molar-refractivity contribution >= 4 is 23.2 Å². The largest absolute Gasteiger partial charge is 0.396 e. The number of rotatable bonds is 8. The Morgan fingerprint density at radius 2 is 2.15 bits per heavy atom. The summed E-state index contributed by atoms with van der Waals surface area (Å²) in [4.78, 5) is 23.4. The van der Waals surface area contributed by atoms with E-state index >= 15 is 0 Å². The van der Waals surface area contributed by atoms with Crippen LogP contribution in [0.5, 0.6) is 0 Å². The zero-order chi connectivity index (χ0) is 15.0. The normalized spacial score (nSPS) is 12.2. The number of aliphatic hydroxyl groups is 1. The average molecular weight is 298 g/mol. The molecule has 1 rings (SSSR count). The van der Waals surface area contributed by atoms with Crippen LogP contribution in [0.25, 0.3) is 0 Å². The summed E-state index contributed by atoms with van der Waals surface area (Å²) in [5.41, 5.74) is 0.621. The van der Waals surface area contributed by atoms with Gasteiger partial charge in [0.1, 0.15) is 0 Å². The van der Waals surface area contributed by atoms with Gasteiger partial charge in [-0.25, -0.2) is 0 Å². The van der Waals surface area contributed by atoms with E-state index in [1.807, 2.05) is 19.2 Å². The summed E-state index contributed by atoms with van der Waals surface area (Å²) in [6.45, 7) is 4.36. The van der Waals surface area contributed by atoms with Crippen molar-refractivity contribution in [3.63, 3.8) is 0 Å². The average Bonchev–Trinajstić information content (AvgIpc) is 2.91. The summed E-state index contributed by atoms with van der Waals surface area (Å²) >= 11 is 1.46. The number of carbonyl (C=O) groups excluding carboxylic acids is 2. The molecule has 0 bridgehead atoms. The van der Waals surface area contributed by atoms with Crippen LogP contribution in [0.4, 0.5) is 0 Å². The molecule has 0 radical (unpaired) electrons. The van der Waals surface area contributed by atoms with Gasteiger partial charge in [-0.2, -0.15) is 11.3 Å². The predicted molar refractivity (Wildman–Crippen MR) is 79.7 cm³/mol. The molecule has 1 atom stereocenters. The number of thiophene rings is 1. The number of amides is 2.